The lowest BCUT2D eigenvalue weighted by Gasteiger charge is -2.33. The van der Waals surface area contributed by atoms with Gasteiger partial charge in [-0.15, -0.1) is 11.8 Å². The molecule has 0 bridgehead atoms. The molecule has 5 rings (SSSR count). The molecule has 1 atom stereocenters. The summed E-state index contributed by atoms with van der Waals surface area (Å²) < 4.78 is 27.8. The summed E-state index contributed by atoms with van der Waals surface area (Å²) in [7, 11) is 0. The van der Waals surface area contributed by atoms with E-state index in [1.165, 1.54) is 28.8 Å². The first kappa shape index (κ1) is 20.7. The number of para-hydroxylation sites is 1. The Morgan fingerprint density at radius 3 is 2.56 bits per heavy atom. The Kier molecular flexibility index (Phi) is 5.01. The smallest absolute Gasteiger partial charge is 0.268 e. The first-order valence-corrected chi connectivity index (χ1v) is 11.3. The van der Waals surface area contributed by atoms with E-state index in [1.54, 1.807) is 23.1 Å². The zero-order chi connectivity index (χ0) is 22.5. The van der Waals surface area contributed by atoms with Crippen LogP contribution in [0.4, 0.5) is 14.5 Å². The fourth-order valence-electron chi connectivity index (χ4n) is 4.40. The summed E-state index contributed by atoms with van der Waals surface area (Å²) in [5, 5.41) is 0. The van der Waals surface area contributed by atoms with Crippen molar-refractivity contribution >= 4 is 29.3 Å². The molecule has 3 aromatic carbocycles. The number of halogens is 2. The molecule has 0 N–H and O–H groups in total. The fraction of sp³-hybridized carbons (Fsp3) is 0.200. The zero-order valence-corrected chi connectivity index (χ0v) is 18.2. The number of anilines is 1. The van der Waals surface area contributed by atoms with Gasteiger partial charge in [-0.2, -0.15) is 0 Å². The van der Waals surface area contributed by atoms with Gasteiger partial charge in [0, 0.05) is 35.1 Å². The van der Waals surface area contributed by atoms with Gasteiger partial charge in [0.25, 0.3) is 11.8 Å². The van der Waals surface area contributed by atoms with Crippen molar-refractivity contribution in [1.82, 2.24) is 4.90 Å². The van der Waals surface area contributed by atoms with E-state index < -0.39 is 16.5 Å². The quantitative estimate of drug-likeness (QED) is 0.572. The van der Waals surface area contributed by atoms with Crippen LogP contribution in [-0.2, 0) is 16.2 Å². The molecule has 1 fully saturated rings. The zero-order valence-electron chi connectivity index (χ0n) is 17.3. The molecule has 2 aliphatic rings. The predicted molar refractivity (Wildman–Crippen MR) is 120 cm³/mol. The molecule has 0 aromatic heterocycles. The fourth-order valence-corrected chi connectivity index (χ4v) is 5.86. The third kappa shape index (κ3) is 3.11. The number of nitrogens with zero attached hydrogens (tertiary/aromatic N) is 2. The molecule has 7 heteroatoms. The van der Waals surface area contributed by atoms with Crippen LogP contribution in [-0.4, -0.2) is 29.0 Å². The number of aryl methyl sites for hydroxylation is 1. The van der Waals surface area contributed by atoms with Crippen molar-refractivity contribution in [3.8, 4) is 0 Å². The summed E-state index contributed by atoms with van der Waals surface area (Å²) >= 11 is 1.42. The average molecular weight is 451 g/mol. The minimum atomic E-state index is -1.20. The highest BCUT2D eigenvalue weighted by Crippen LogP contribution is 2.54. The van der Waals surface area contributed by atoms with Gasteiger partial charge in [0.1, 0.15) is 11.6 Å². The highest BCUT2D eigenvalue weighted by atomic mass is 32.2. The molecule has 4 nitrogen and oxygen atoms in total. The van der Waals surface area contributed by atoms with E-state index in [9.17, 15) is 18.4 Å². The lowest BCUT2D eigenvalue weighted by molar-refractivity contribution is -0.123. The first-order valence-electron chi connectivity index (χ1n) is 10.3. The highest BCUT2D eigenvalue weighted by Gasteiger charge is 2.59. The third-order valence-electron chi connectivity index (χ3n) is 5.99. The molecule has 2 amide bonds. The molecule has 0 radical (unpaired) electrons. The Morgan fingerprint density at radius 2 is 1.81 bits per heavy atom. The summed E-state index contributed by atoms with van der Waals surface area (Å²) in [5.74, 6) is -1.27. The summed E-state index contributed by atoms with van der Waals surface area (Å²) in [4.78, 5) is 29.3. The maximum absolute atomic E-state index is 14.4. The first-order chi connectivity index (χ1) is 15.4. The number of rotatable bonds is 3. The van der Waals surface area contributed by atoms with E-state index in [1.807, 2.05) is 37.3 Å². The monoisotopic (exact) mass is 450 g/mol. The van der Waals surface area contributed by atoms with E-state index >= 15 is 0 Å². The molecule has 0 saturated carbocycles. The minimum absolute atomic E-state index is 0.0448. The number of benzene rings is 3. The van der Waals surface area contributed by atoms with Crippen molar-refractivity contribution < 1.29 is 18.4 Å². The average Bonchev–Trinajstić information content (AvgIpc) is 3.33. The van der Waals surface area contributed by atoms with Crippen LogP contribution < -0.4 is 4.90 Å². The Hall–Kier alpha value is -3.19. The lowest BCUT2D eigenvalue weighted by atomic mass is 10.0. The van der Waals surface area contributed by atoms with Crippen molar-refractivity contribution in [2.24, 2.45) is 0 Å². The van der Waals surface area contributed by atoms with Crippen LogP contribution in [0.25, 0.3) is 0 Å². The van der Waals surface area contributed by atoms with Gasteiger partial charge in [-0.1, -0.05) is 42.0 Å². The van der Waals surface area contributed by atoms with Crippen LogP contribution in [0.15, 0.2) is 66.7 Å². The van der Waals surface area contributed by atoms with Crippen molar-refractivity contribution in [1.29, 1.82) is 0 Å². The number of hydrogen-bond donors (Lipinski definition) is 0. The topological polar surface area (TPSA) is 40.6 Å². The number of carbonyl (C=O) groups is 2. The molecule has 2 aliphatic heterocycles. The number of hydrogen-bond acceptors (Lipinski definition) is 3. The van der Waals surface area contributed by atoms with E-state index in [0.29, 0.717) is 23.5 Å². The maximum atomic E-state index is 14.4. The predicted octanol–water partition coefficient (Wildman–Crippen LogP) is 4.86. The van der Waals surface area contributed by atoms with E-state index in [-0.39, 0.29) is 23.9 Å². The molecule has 0 aliphatic carbocycles. The molecule has 3 aromatic rings. The molecule has 1 unspecified atom stereocenters. The Balaban J connectivity index is 1.57. The van der Waals surface area contributed by atoms with Gasteiger partial charge in [0.15, 0.2) is 4.87 Å². The number of fused-ring (bicyclic) bond motifs is 2. The molecule has 1 saturated heterocycles. The summed E-state index contributed by atoms with van der Waals surface area (Å²) in [6.45, 7) is 2.33. The lowest BCUT2D eigenvalue weighted by Crippen LogP contribution is -2.50. The Bertz CT molecular complexity index is 1230. The Labute approximate surface area is 188 Å². The second-order valence-electron chi connectivity index (χ2n) is 7.96. The van der Waals surface area contributed by atoms with Crippen LogP contribution >= 0.6 is 11.8 Å². The van der Waals surface area contributed by atoms with Crippen molar-refractivity contribution in [3.05, 3.63) is 101 Å². The van der Waals surface area contributed by atoms with Gasteiger partial charge in [0.2, 0.25) is 0 Å². The van der Waals surface area contributed by atoms with Crippen LogP contribution in [0.1, 0.15) is 27.0 Å². The second-order valence-corrected chi connectivity index (χ2v) is 9.25. The molecular formula is C25H20F2N2O2S. The summed E-state index contributed by atoms with van der Waals surface area (Å²) in [6, 6.07) is 17.9. The van der Waals surface area contributed by atoms with Crippen molar-refractivity contribution in [2.75, 3.05) is 17.2 Å². The summed E-state index contributed by atoms with van der Waals surface area (Å²) in [5.41, 5.74) is 3.13. The largest absolute Gasteiger partial charge is 0.311 e. The molecule has 162 valence electrons. The maximum Gasteiger partial charge on any atom is 0.268 e. The van der Waals surface area contributed by atoms with Crippen LogP contribution in [0.5, 0.6) is 0 Å². The van der Waals surface area contributed by atoms with Crippen molar-refractivity contribution in [3.63, 3.8) is 0 Å². The minimum Gasteiger partial charge on any atom is -0.311 e. The van der Waals surface area contributed by atoms with Gasteiger partial charge < -0.3 is 9.80 Å². The SMILES string of the molecule is Cc1ccc(C(=O)N2CCSC23C(=O)N(Cc2ccc(F)cc2F)c2ccccc23)cc1. The standard InChI is InChI=1S/C25H20F2N2O2S/c1-16-6-8-17(9-7-16)23(30)29-12-13-32-25(29)20-4-2-3-5-22(20)28(24(25)31)15-18-10-11-19(26)14-21(18)27/h2-11,14H,12-13,15H2,1H3. The van der Waals surface area contributed by atoms with Gasteiger partial charge in [0.05, 0.1) is 12.2 Å². The van der Waals surface area contributed by atoms with Gasteiger partial charge in [-0.05, 0) is 31.2 Å². The number of carbonyl (C=O) groups excluding carboxylic acids is 2. The van der Waals surface area contributed by atoms with Crippen LogP contribution in [0.2, 0.25) is 0 Å². The molecular weight excluding hydrogens is 430 g/mol. The van der Waals surface area contributed by atoms with Crippen LogP contribution in [0.3, 0.4) is 0 Å². The molecule has 1 spiro atoms. The Morgan fingerprint density at radius 1 is 1.06 bits per heavy atom. The number of amides is 2. The highest BCUT2D eigenvalue weighted by molar-refractivity contribution is 8.01. The van der Waals surface area contributed by atoms with Gasteiger partial charge in [-0.3, -0.25) is 9.59 Å². The molecule has 2 heterocycles. The van der Waals surface area contributed by atoms with E-state index in [2.05, 4.69) is 0 Å². The van der Waals surface area contributed by atoms with Gasteiger partial charge >= 0.3 is 0 Å². The molecule has 32 heavy (non-hydrogen) atoms. The second kappa shape index (κ2) is 7.74. The third-order valence-corrected chi connectivity index (χ3v) is 7.41. The van der Waals surface area contributed by atoms with Gasteiger partial charge in [-0.25, -0.2) is 8.78 Å². The normalized spacial score (nSPS) is 19.7. The van der Waals surface area contributed by atoms with E-state index in [4.69, 9.17) is 0 Å². The summed E-state index contributed by atoms with van der Waals surface area (Å²) in [6.07, 6.45) is 0. The number of thioether (sulfide) groups is 1. The van der Waals surface area contributed by atoms with Crippen molar-refractivity contribution in [2.45, 2.75) is 18.3 Å². The van der Waals surface area contributed by atoms with E-state index in [0.717, 1.165) is 17.2 Å². The van der Waals surface area contributed by atoms with Crippen LogP contribution in [0, 0.1) is 18.6 Å².